The fraction of sp³-hybridized carbons (Fsp3) is 0.455. The zero-order chi connectivity index (χ0) is 10.1. The van der Waals surface area contributed by atoms with E-state index in [1.807, 2.05) is 0 Å². The largest absolute Gasteiger partial charge is 0.478 e. The van der Waals surface area contributed by atoms with Crippen molar-refractivity contribution in [1.82, 2.24) is 0 Å². The van der Waals surface area contributed by atoms with Crippen molar-refractivity contribution in [3.8, 4) is 0 Å². The molecule has 2 aliphatic rings. The minimum absolute atomic E-state index is 0.115. The van der Waals surface area contributed by atoms with Crippen LogP contribution in [0.5, 0.6) is 0 Å². The fourth-order valence-electron chi connectivity index (χ4n) is 2.17. The Kier molecular flexibility index (Phi) is 2.23. The van der Waals surface area contributed by atoms with Crippen LogP contribution in [0.15, 0.2) is 22.8 Å². The zero-order valence-corrected chi connectivity index (χ0v) is 7.88. The number of hydrogen-bond donors (Lipinski definition) is 1. The number of hydrogen-bond acceptors (Lipinski definition) is 2. The number of carboxylic acid groups (broad SMARTS) is 1. The van der Waals surface area contributed by atoms with Crippen LogP contribution < -0.4 is 0 Å². The van der Waals surface area contributed by atoms with Crippen molar-refractivity contribution >= 4 is 11.8 Å². The SMILES string of the molecule is O=C(O)C1=CCC(=O)C2=C1CCCC2. The maximum absolute atomic E-state index is 11.5. The van der Waals surface area contributed by atoms with E-state index in [1.165, 1.54) is 0 Å². The molecular formula is C11H12O3. The maximum Gasteiger partial charge on any atom is 0.335 e. The number of carboxylic acids is 1. The third kappa shape index (κ3) is 1.39. The van der Waals surface area contributed by atoms with Crippen LogP contribution in [0.1, 0.15) is 32.1 Å². The molecule has 3 heteroatoms. The third-order valence-corrected chi connectivity index (χ3v) is 2.85. The summed E-state index contributed by atoms with van der Waals surface area (Å²) in [6.45, 7) is 0. The smallest absolute Gasteiger partial charge is 0.335 e. The molecule has 0 saturated carbocycles. The van der Waals surface area contributed by atoms with Gasteiger partial charge in [-0.1, -0.05) is 6.08 Å². The molecule has 74 valence electrons. The average molecular weight is 192 g/mol. The summed E-state index contributed by atoms with van der Waals surface area (Å²) in [7, 11) is 0. The molecule has 2 aliphatic carbocycles. The molecule has 0 aromatic carbocycles. The summed E-state index contributed by atoms with van der Waals surface area (Å²) < 4.78 is 0. The predicted octanol–water partition coefficient (Wildman–Crippen LogP) is 1.84. The molecule has 14 heavy (non-hydrogen) atoms. The highest BCUT2D eigenvalue weighted by molar-refractivity contribution is 6.05. The minimum Gasteiger partial charge on any atom is -0.478 e. The summed E-state index contributed by atoms with van der Waals surface area (Å²) in [6.07, 6.45) is 5.33. The van der Waals surface area contributed by atoms with Crippen molar-refractivity contribution in [2.75, 3.05) is 0 Å². The quantitative estimate of drug-likeness (QED) is 0.689. The van der Waals surface area contributed by atoms with Crippen LogP contribution in [0.4, 0.5) is 0 Å². The van der Waals surface area contributed by atoms with E-state index < -0.39 is 5.97 Å². The van der Waals surface area contributed by atoms with Crippen LogP contribution in [0.2, 0.25) is 0 Å². The lowest BCUT2D eigenvalue weighted by Crippen LogP contribution is -2.18. The van der Waals surface area contributed by atoms with Gasteiger partial charge >= 0.3 is 5.97 Å². The van der Waals surface area contributed by atoms with E-state index in [1.54, 1.807) is 6.08 Å². The van der Waals surface area contributed by atoms with Gasteiger partial charge in [0.2, 0.25) is 0 Å². The Morgan fingerprint density at radius 3 is 2.50 bits per heavy atom. The molecule has 0 bridgehead atoms. The molecule has 0 aromatic rings. The van der Waals surface area contributed by atoms with Gasteiger partial charge < -0.3 is 5.11 Å². The second kappa shape index (κ2) is 3.40. The molecule has 0 heterocycles. The number of carbonyl (C=O) groups is 2. The molecule has 0 spiro atoms. The van der Waals surface area contributed by atoms with E-state index in [9.17, 15) is 9.59 Å². The number of carbonyl (C=O) groups excluding carboxylic acids is 1. The Morgan fingerprint density at radius 1 is 1.21 bits per heavy atom. The normalized spacial score (nSPS) is 21.7. The molecule has 0 amide bonds. The molecule has 0 aliphatic heterocycles. The monoisotopic (exact) mass is 192 g/mol. The number of aliphatic carboxylic acids is 1. The summed E-state index contributed by atoms with van der Waals surface area (Å²) in [5.41, 5.74) is 1.93. The second-order valence-electron chi connectivity index (χ2n) is 3.71. The highest BCUT2D eigenvalue weighted by Crippen LogP contribution is 2.34. The summed E-state index contributed by atoms with van der Waals surface area (Å²) in [5.74, 6) is -0.781. The van der Waals surface area contributed by atoms with Gasteiger partial charge in [-0.3, -0.25) is 4.79 Å². The van der Waals surface area contributed by atoms with Crippen LogP contribution in [0.25, 0.3) is 0 Å². The van der Waals surface area contributed by atoms with Gasteiger partial charge in [-0.05, 0) is 36.8 Å². The molecule has 2 rings (SSSR count). The second-order valence-corrected chi connectivity index (χ2v) is 3.71. The van der Waals surface area contributed by atoms with Crippen molar-refractivity contribution in [2.24, 2.45) is 0 Å². The van der Waals surface area contributed by atoms with Gasteiger partial charge in [0, 0.05) is 6.42 Å². The first kappa shape index (κ1) is 9.19. The van der Waals surface area contributed by atoms with Crippen molar-refractivity contribution in [2.45, 2.75) is 32.1 Å². The van der Waals surface area contributed by atoms with Crippen molar-refractivity contribution in [3.05, 3.63) is 22.8 Å². The first-order chi connectivity index (χ1) is 6.70. The summed E-state index contributed by atoms with van der Waals surface area (Å²) in [5, 5.41) is 8.95. The van der Waals surface area contributed by atoms with E-state index in [4.69, 9.17) is 5.11 Å². The molecule has 0 radical (unpaired) electrons. The van der Waals surface area contributed by atoms with E-state index in [2.05, 4.69) is 0 Å². The lowest BCUT2D eigenvalue weighted by molar-refractivity contribution is -0.132. The number of rotatable bonds is 1. The molecule has 0 unspecified atom stereocenters. The van der Waals surface area contributed by atoms with Gasteiger partial charge in [-0.15, -0.1) is 0 Å². The Hall–Kier alpha value is -1.38. The molecule has 0 fully saturated rings. The minimum atomic E-state index is -0.896. The van der Waals surface area contributed by atoms with E-state index in [0.717, 1.165) is 36.8 Å². The van der Waals surface area contributed by atoms with Gasteiger partial charge in [-0.25, -0.2) is 4.79 Å². The van der Waals surface area contributed by atoms with Crippen molar-refractivity contribution < 1.29 is 14.7 Å². The van der Waals surface area contributed by atoms with Crippen molar-refractivity contribution in [3.63, 3.8) is 0 Å². The molecular weight excluding hydrogens is 180 g/mol. The topological polar surface area (TPSA) is 54.4 Å². The Morgan fingerprint density at radius 2 is 1.86 bits per heavy atom. The van der Waals surface area contributed by atoms with Crippen LogP contribution in [-0.2, 0) is 9.59 Å². The number of ketones is 1. The molecule has 0 aromatic heterocycles. The van der Waals surface area contributed by atoms with Gasteiger partial charge in [0.1, 0.15) is 0 Å². The zero-order valence-electron chi connectivity index (χ0n) is 7.88. The van der Waals surface area contributed by atoms with Gasteiger partial charge in [0.25, 0.3) is 0 Å². The van der Waals surface area contributed by atoms with E-state index >= 15 is 0 Å². The van der Waals surface area contributed by atoms with Crippen LogP contribution in [0, 0.1) is 0 Å². The molecule has 0 saturated heterocycles. The first-order valence-electron chi connectivity index (χ1n) is 4.89. The van der Waals surface area contributed by atoms with Crippen LogP contribution in [-0.4, -0.2) is 16.9 Å². The van der Waals surface area contributed by atoms with Crippen molar-refractivity contribution in [1.29, 1.82) is 0 Å². The highest BCUT2D eigenvalue weighted by Gasteiger charge is 2.27. The standard InChI is InChI=1S/C11H12O3/c12-10-6-5-9(11(13)14)7-3-1-2-4-8(7)10/h5H,1-4,6H2,(H,13,14). The average Bonchev–Trinajstić information content (AvgIpc) is 2.18. The maximum atomic E-state index is 11.5. The predicted molar refractivity (Wildman–Crippen MR) is 50.8 cm³/mol. The Labute approximate surface area is 82.1 Å². The lowest BCUT2D eigenvalue weighted by atomic mass is 9.81. The number of Topliss-reactive ketones (excluding diaryl/α,β-unsaturated/α-hetero) is 1. The number of allylic oxidation sites excluding steroid dienone is 2. The summed E-state index contributed by atoms with van der Waals surface area (Å²) in [6, 6.07) is 0. The van der Waals surface area contributed by atoms with Crippen LogP contribution in [0.3, 0.4) is 0 Å². The van der Waals surface area contributed by atoms with Gasteiger partial charge in [0.05, 0.1) is 5.57 Å². The molecule has 3 nitrogen and oxygen atoms in total. The molecule has 0 atom stereocenters. The van der Waals surface area contributed by atoms with E-state index in [0.29, 0.717) is 5.57 Å². The first-order valence-corrected chi connectivity index (χ1v) is 4.89. The third-order valence-electron chi connectivity index (χ3n) is 2.85. The van der Waals surface area contributed by atoms with Gasteiger partial charge in [-0.2, -0.15) is 0 Å². The van der Waals surface area contributed by atoms with E-state index in [-0.39, 0.29) is 12.2 Å². The van der Waals surface area contributed by atoms with Crippen LogP contribution >= 0.6 is 0 Å². The fourth-order valence-corrected chi connectivity index (χ4v) is 2.17. The summed E-state index contributed by atoms with van der Waals surface area (Å²) in [4.78, 5) is 22.4. The summed E-state index contributed by atoms with van der Waals surface area (Å²) >= 11 is 0. The molecule has 1 N–H and O–H groups in total. The Balaban J connectivity index is 2.43. The Bertz CT molecular complexity index is 361. The lowest BCUT2D eigenvalue weighted by Gasteiger charge is -2.22. The highest BCUT2D eigenvalue weighted by atomic mass is 16.4. The van der Waals surface area contributed by atoms with Gasteiger partial charge in [0.15, 0.2) is 5.78 Å².